The van der Waals surface area contributed by atoms with Gasteiger partial charge >= 0.3 is 0 Å². The van der Waals surface area contributed by atoms with Crippen molar-refractivity contribution in [3.8, 4) is 5.75 Å². The molecule has 2 aromatic carbocycles. The maximum absolute atomic E-state index is 12.3. The third-order valence-corrected chi connectivity index (χ3v) is 3.71. The summed E-state index contributed by atoms with van der Waals surface area (Å²) in [4.78, 5) is 12.3. The van der Waals surface area contributed by atoms with E-state index in [1.165, 1.54) is 0 Å². The lowest BCUT2D eigenvalue weighted by atomic mass is 10.1. The Hall–Kier alpha value is -2.62. The monoisotopic (exact) mass is 294 g/mol. The number of ether oxygens (including phenoxy) is 1. The molecule has 1 aliphatic heterocycles. The molecule has 3 rings (SSSR count). The maximum atomic E-state index is 12.3. The lowest BCUT2D eigenvalue weighted by Crippen LogP contribution is -2.25. The number of amides is 1. The second kappa shape index (κ2) is 6.43. The van der Waals surface area contributed by atoms with Gasteiger partial charge in [0, 0.05) is 12.0 Å². The summed E-state index contributed by atoms with van der Waals surface area (Å²) in [6, 6.07) is 17.5. The SMILES string of the molecule is COc1ccccc1C1=NN(C(=O)Cc2ccccc2)CC1. The van der Waals surface area contributed by atoms with Crippen molar-refractivity contribution in [2.24, 2.45) is 5.10 Å². The lowest BCUT2D eigenvalue weighted by molar-refractivity contribution is -0.130. The first-order valence-corrected chi connectivity index (χ1v) is 7.33. The number of carbonyl (C=O) groups is 1. The van der Waals surface area contributed by atoms with Crippen molar-refractivity contribution in [3.05, 3.63) is 65.7 Å². The molecule has 0 saturated carbocycles. The molecule has 0 bridgehead atoms. The molecule has 0 aromatic heterocycles. The van der Waals surface area contributed by atoms with Crippen LogP contribution in [-0.4, -0.2) is 30.3 Å². The Morgan fingerprint density at radius 1 is 1.14 bits per heavy atom. The van der Waals surface area contributed by atoms with Crippen LogP contribution in [0.2, 0.25) is 0 Å². The summed E-state index contributed by atoms with van der Waals surface area (Å²) in [7, 11) is 1.65. The van der Waals surface area contributed by atoms with Crippen molar-refractivity contribution in [1.82, 2.24) is 5.01 Å². The second-order valence-electron chi connectivity index (χ2n) is 5.18. The van der Waals surface area contributed by atoms with Crippen LogP contribution in [0.4, 0.5) is 0 Å². The fourth-order valence-electron chi connectivity index (χ4n) is 2.57. The van der Waals surface area contributed by atoms with Crippen molar-refractivity contribution in [2.75, 3.05) is 13.7 Å². The first-order valence-electron chi connectivity index (χ1n) is 7.33. The molecule has 0 spiro atoms. The zero-order valence-corrected chi connectivity index (χ0v) is 12.5. The highest BCUT2D eigenvalue weighted by molar-refractivity contribution is 6.04. The smallest absolute Gasteiger partial charge is 0.247 e. The van der Waals surface area contributed by atoms with Crippen molar-refractivity contribution in [1.29, 1.82) is 0 Å². The van der Waals surface area contributed by atoms with Crippen LogP contribution >= 0.6 is 0 Å². The Morgan fingerprint density at radius 3 is 2.64 bits per heavy atom. The van der Waals surface area contributed by atoms with Gasteiger partial charge in [0.2, 0.25) is 5.91 Å². The minimum Gasteiger partial charge on any atom is -0.496 e. The molecule has 0 atom stereocenters. The van der Waals surface area contributed by atoms with E-state index in [2.05, 4.69) is 5.10 Å². The van der Waals surface area contributed by atoms with E-state index < -0.39 is 0 Å². The molecule has 0 aliphatic carbocycles. The van der Waals surface area contributed by atoms with E-state index in [-0.39, 0.29) is 5.91 Å². The van der Waals surface area contributed by atoms with Gasteiger partial charge in [-0.15, -0.1) is 0 Å². The first-order chi connectivity index (χ1) is 10.8. The second-order valence-corrected chi connectivity index (χ2v) is 5.18. The predicted octanol–water partition coefficient (Wildman–Crippen LogP) is 2.87. The van der Waals surface area contributed by atoms with Gasteiger partial charge in [0.1, 0.15) is 5.75 Å². The zero-order valence-electron chi connectivity index (χ0n) is 12.5. The molecule has 4 heteroatoms. The Bertz CT molecular complexity index is 695. The summed E-state index contributed by atoms with van der Waals surface area (Å²) in [6.07, 6.45) is 1.13. The van der Waals surface area contributed by atoms with Crippen molar-refractivity contribution >= 4 is 11.6 Å². The van der Waals surface area contributed by atoms with Gasteiger partial charge in [-0.2, -0.15) is 5.10 Å². The number of methoxy groups -OCH3 is 1. The normalized spacial score (nSPS) is 13.9. The van der Waals surface area contributed by atoms with Gasteiger partial charge in [0.05, 0.1) is 25.8 Å². The van der Waals surface area contributed by atoms with Crippen LogP contribution in [0.25, 0.3) is 0 Å². The summed E-state index contributed by atoms with van der Waals surface area (Å²) in [5, 5.41) is 6.05. The van der Waals surface area contributed by atoms with Crippen LogP contribution in [0.5, 0.6) is 5.75 Å². The molecule has 1 aliphatic rings. The zero-order chi connectivity index (χ0) is 15.4. The van der Waals surface area contributed by atoms with Crippen LogP contribution in [0.15, 0.2) is 59.7 Å². The maximum Gasteiger partial charge on any atom is 0.247 e. The highest BCUT2D eigenvalue weighted by Crippen LogP contribution is 2.23. The molecule has 1 heterocycles. The Balaban J connectivity index is 1.75. The van der Waals surface area contributed by atoms with Crippen LogP contribution in [-0.2, 0) is 11.2 Å². The van der Waals surface area contributed by atoms with Gasteiger partial charge in [-0.3, -0.25) is 4.79 Å². The van der Waals surface area contributed by atoms with Crippen LogP contribution < -0.4 is 4.74 Å². The van der Waals surface area contributed by atoms with Crippen molar-refractivity contribution < 1.29 is 9.53 Å². The van der Waals surface area contributed by atoms with Gasteiger partial charge < -0.3 is 4.74 Å². The largest absolute Gasteiger partial charge is 0.496 e. The van der Waals surface area contributed by atoms with Gasteiger partial charge in [-0.25, -0.2) is 5.01 Å². The van der Waals surface area contributed by atoms with Gasteiger partial charge in [-0.1, -0.05) is 42.5 Å². The Morgan fingerprint density at radius 2 is 1.86 bits per heavy atom. The molecule has 0 N–H and O–H groups in total. The lowest BCUT2D eigenvalue weighted by Gasteiger charge is -2.11. The van der Waals surface area contributed by atoms with E-state index in [0.29, 0.717) is 13.0 Å². The Labute approximate surface area is 130 Å². The minimum atomic E-state index is 0.0242. The van der Waals surface area contributed by atoms with Gasteiger partial charge in [0.15, 0.2) is 0 Å². The number of hydrogen-bond donors (Lipinski definition) is 0. The molecule has 0 radical (unpaired) electrons. The van der Waals surface area contributed by atoms with E-state index in [9.17, 15) is 4.79 Å². The molecule has 4 nitrogen and oxygen atoms in total. The van der Waals surface area contributed by atoms with Gasteiger partial charge in [0.25, 0.3) is 0 Å². The first kappa shape index (κ1) is 14.3. The minimum absolute atomic E-state index is 0.0242. The van der Waals surface area contributed by atoms with Gasteiger partial charge in [-0.05, 0) is 17.7 Å². The van der Waals surface area contributed by atoms with E-state index >= 15 is 0 Å². The number of hydrogen-bond acceptors (Lipinski definition) is 3. The molecule has 1 amide bonds. The summed E-state index contributed by atoms with van der Waals surface area (Å²) < 4.78 is 5.36. The number of nitrogens with zero attached hydrogens (tertiary/aromatic N) is 2. The summed E-state index contributed by atoms with van der Waals surface area (Å²) in [5.74, 6) is 0.815. The number of rotatable bonds is 4. The number of benzene rings is 2. The summed E-state index contributed by atoms with van der Waals surface area (Å²) >= 11 is 0. The predicted molar refractivity (Wildman–Crippen MR) is 86.0 cm³/mol. The molecule has 112 valence electrons. The Kier molecular flexibility index (Phi) is 4.19. The third kappa shape index (κ3) is 3.01. The quantitative estimate of drug-likeness (QED) is 0.870. The van der Waals surface area contributed by atoms with Crippen molar-refractivity contribution in [3.63, 3.8) is 0 Å². The van der Waals surface area contributed by atoms with E-state index in [4.69, 9.17) is 4.74 Å². The van der Waals surface area contributed by atoms with Crippen LogP contribution in [0, 0.1) is 0 Å². The standard InChI is InChI=1S/C18H18N2O2/c1-22-17-10-6-5-9-15(17)16-11-12-20(19-16)18(21)13-14-7-3-2-4-8-14/h2-10H,11-13H2,1H3. The fourth-order valence-corrected chi connectivity index (χ4v) is 2.57. The van der Waals surface area contributed by atoms with E-state index in [1.54, 1.807) is 12.1 Å². The number of para-hydroxylation sites is 1. The molecule has 0 unspecified atom stereocenters. The van der Waals surface area contributed by atoms with E-state index in [0.717, 1.165) is 29.0 Å². The molecule has 2 aromatic rings. The third-order valence-electron chi connectivity index (χ3n) is 3.71. The fraction of sp³-hybridized carbons (Fsp3) is 0.222. The molecule has 0 saturated heterocycles. The molecular formula is C18H18N2O2. The average molecular weight is 294 g/mol. The highest BCUT2D eigenvalue weighted by Gasteiger charge is 2.23. The topological polar surface area (TPSA) is 41.9 Å². The summed E-state index contributed by atoms with van der Waals surface area (Å²) in [5.41, 5.74) is 2.87. The summed E-state index contributed by atoms with van der Waals surface area (Å²) in [6.45, 7) is 0.624. The van der Waals surface area contributed by atoms with E-state index in [1.807, 2.05) is 54.6 Å². The van der Waals surface area contributed by atoms with Crippen LogP contribution in [0.1, 0.15) is 17.5 Å². The number of carbonyl (C=O) groups excluding carboxylic acids is 1. The molecule has 22 heavy (non-hydrogen) atoms. The van der Waals surface area contributed by atoms with Crippen LogP contribution in [0.3, 0.4) is 0 Å². The molecule has 0 fully saturated rings. The van der Waals surface area contributed by atoms with Crippen molar-refractivity contribution in [2.45, 2.75) is 12.8 Å². The highest BCUT2D eigenvalue weighted by atomic mass is 16.5. The molecular weight excluding hydrogens is 276 g/mol. The number of hydrazone groups is 1. The average Bonchev–Trinajstić information content (AvgIpc) is 3.05.